The Hall–Kier alpha value is -4.81. The molecule has 2 unspecified atom stereocenters. The molecular weight excluding hydrogens is 712 g/mol. The molecule has 0 amide bonds. The van der Waals surface area contributed by atoms with Gasteiger partial charge in [-0.25, -0.2) is 13.2 Å². The van der Waals surface area contributed by atoms with Crippen LogP contribution in [-0.4, -0.2) is 104 Å². The summed E-state index contributed by atoms with van der Waals surface area (Å²) in [5.74, 6) is 1.03. The van der Waals surface area contributed by atoms with E-state index in [9.17, 15) is 22.7 Å². The number of anilines is 1. The van der Waals surface area contributed by atoms with Crippen molar-refractivity contribution in [3.8, 4) is 35.2 Å². The van der Waals surface area contributed by atoms with E-state index in [0.717, 1.165) is 19.4 Å². The van der Waals surface area contributed by atoms with E-state index in [1.54, 1.807) is 13.2 Å². The molecule has 0 spiro atoms. The minimum atomic E-state index is -4.28. The number of aryl methyl sites for hydroxylation is 1. The van der Waals surface area contributed by atoms with Crippen LogP contribution in [0.4, 0.5) is 32.2 Å². The zero-order chi connectivity index (χ0) is 37.7. The van der Waals surface area contributed by atoms with Crippen LogP contribution < -0.4 is 9.64 Å². The van der Waals surface area contributed by atoms with Crippen LogP contribution >= 0.6 is 0 Å². The summed E-state index contributed by atoms with van der Waals surface area (Å²) in [6, 6.07) is 4.82. The Morgan fingerprint density at radius 2 is 1.83 bits per heavy atom. The third-order valence-corrected chi connectivity index (χ3v) is 11.8. The predicted molar refractivity (Wildman–Crippen MR) is 191 cm³/mol. The van der Waals surface area contributed by atoms with Crippen molar-refractivity contribution in [3.05, 3.63) is 47.7 Å². The molecule has 9 rings (SSSR count). The van der Waals surface area contributed by atoms with Gasteiger partial charge in [0.15, 0.2) is 5.82 Å². The van der Waals surface area contributed by atoms with Crippen LogP contribution in [0.2, 0.25) is 0 Å². The molecule has 54 heavy (non-hydrogen) atoms. The second kappa shape index (κ2) is 12.6. The van der Waals surface area contributed by atoms with Crippen molar-refractivity contribution in [2.24, 2.45) is 7.05 Å². The summed E-state index contributed by atoms with van der Waals surface area (Å²) in [7, 11) is 1.67. The molecule has 282 valence electrons. The molecule has 0 saturated carbocycles. The van der Waals surface area contributed by atoms with Crippen molar-refractivity contribution in [1.82, 2.24) is 29.5 Å². The van der Waals surface area contributed by atoms with E-state index >= 15 is 8.78 Å². The third kappa shape index (κ3) is 5.68. The lowest BCUT2D eigenvalue weighted by molar-refractivity contribution is -0.138. The highest BCUT2D eigenvalue weighted by atomic mass is 19.4. The number of aromatic hydroxyl groups is 1. The van der Waals surface area contributed by atoms with Gasteiger partial charge in [0.05, 0.1) is 22.9 Å². The number of phenols is 1. The van der Waals surface area contributed by atoms with Crippen molar-refractivity contribution in [2.45, 2.75) is 68.5 Å². The summed E-state index contributed by atoms with van der Waals surface area (Å²) in [6.07, 6.45) is 4.59. The van der Waals surface area contributed by atoms with Gasteiger partial charge < -0.3 is 14.7 Å². The first kappa shape index (κ1) is 34.9. The number of hydrogen-bond acceptors (Lipinski definition) is 8. The number of nitrogens with zero attached hydrogens (tertiary/aromatic N) is 7. The van der Waals surface area contributed by atoms with Crippen molar-refractivity contribution >= 4 is 38.4 Å². The third-order valence-electron chi connectivity index (χ3n) is 11.8. The maximum Gasteiger partial charge on any atom is 0.390 e. The maximum absolute atomic E-state index is 17.7. The van der Waals surface area contributed by atoms with Gasteiger partial charge in [-0.15, -0.1) is 6.42 Å². The molecule has 6 heterocycles. The van der Waals surface area contributed by atoms with Gasteiger partial charge in [0, 0.05) is 74.3 Å². The fraction of sp³-hybridized carbons (Fsp3) is 0.462. The molecule has 4 saturated heterocycles. The molecule has 5 aromatic rings. The lowest BCUT2D eigenvalue weighted by Gasteiger charge is -2.42. The monoisotopic (exact) mass is 749 g/mol. The Kier molecular flexibility index (Phi) is 8.17. The van der Waals surface area contributed by atoms with E-state index < -0.39 is 35.9 Å². The number of fused-ring (bicyclic) bond motifs is 7. The largest absolute Gasteiger partial charge is 0.508 e. The quantitative estimate of drug-likeness (QED) is 0.143. The second-order valence-electron chi connectivity index (χ2n) is 15.2. The maximum atomic E-state index is 17.7. The highest BCUT2D eigenvalue weighted by molar-refractivity contribution is 6.18. The van der Waals surface area contributed by atoms with Gasteiger partial charge in [0.2, 0.25) is 0 Å². The Bertz CT molecular complexity index is 2360. The minimum absolute atomic E-state index is 0.0618. The summed E-state index contributed by atoms with van der Waals surface area (Å²) in [6.45, 7) is 1.73. The second-order valence-corrected chi connectivity index (χ2v) is 15.2. The molecule has 9 nitrogen and oxygen atoms in total. The van der Waals surface area contributed by atoms with Crippen LogP contribution in [0, 0.1) is 24.0 Å². The summed E-state index contributed by atoms with van der Waals surface area (Å²) in [4.78, 5) is 15.6. The van der Waals surface area contributed by atoms with Crippen molar-refractivity contribution < 1.29 is 36.2 Å². The molecule has 4 atom stereocenters. The normalized spacial score (nSPS) is 24.6. The molecule has 3 aromatic carbocycles. The Morgan fingerprint density at radius 1 is 1.06 bits per heavy atom. The SMILES string of the molecule is C#Cc1c(F)ccc2cc(O)cc(-c3c(F)c4nc(OC[C@@]56CCCN5C[C@H](F)C6)nc(N5C6CCC5CN(CCC(F)(F)F)C6)c4c4cn(C)nc34)c12. The van der Waals surface area contributed by atoms with E-state index in [4.69, 9.17) is 16.1 Å². The van der Waals surface area contributed by atoms with Crippen LogP contribution in [0.1, 0.15) is 44.1 Å². The smallest absolute Gasteiger partial charge is 0.390 e. The average molecular weight is 750 g/mol. The number of ether oxygens (including phenoxy) is 1. The van der Waals surface area contributed by atoms with Gasteiger partial charge in [-0.3, -0.25) is 14.5 Å². The first-order chi connectivity index (χ1) is 25.8. The Morgan fingerprint density at radius 3 is 2.57 bits per heavy atom. The molecule has 4 fully saturated rings. The number of benzene rings is 3. The van der Waals surface area contributed by atoms with Gasteiger partial charge >= 0.3 is 12.2 Å². The van der Waals surface area contributed by atoms with Crippen LogP contribution in [0.25, 0.3) is 43.7 Å². The molecule has 4 aliphatic rings. The summed E-state index contributed by atoms with van der Waals surface area (Å²) in [5.41, 5.74) is -0.530. The fourth-order valence-electron chi connectivity index (χ4n) is 9.63. The van der Waals surface area contributed by atoms with E-state index in [1.807, 2.05) is 4.90 Å². The minimum Gasteiger partial charge on any atom is -0.508 e. The molecule has 4 aliphatic heterocycles. The summed E-state index contributed by atoms with van der Waals surface area (Å²) in [5, 5.41) is 16.9. The van der Waals surface area contributed by atoms with Crippen LogP contribution in [0.15, 0.2) is 30.5 Å². The number of alkyl halides is 4. The van der Waals surface area contributed by atoms with Crippen LogP contribution in [0.3, 0.4) is 0 Å². The predicted octanol–water partition coefficient (Wildman–Crippen LogP) is 6.86. The van der Waals surface area contributed by atoms with Crippen molar-refractivity contribution in [3.63, 3.8) is 0 Å². The molecular formula is C39H37F6N7O2. The van der Waals surface area contributed by atoms with Gasteiger partial charge in [-0.1, -0.05) is 12.0 Å². The first-order valence-electron chi connectivity index (χ1n) is 18.2. The number of terminal acetylenes is 1. The number of aromatic nitrogens is 4. The zero-order valence-corrected chi connectivity index (χ0v) is 29.4. The van der Waals surface area contributed by atoms with Crippen LogP contribution in [-0.2, 0) is 7.05 Å². The average Bonchev–Trinajstić information content (AvgIpc) is 3.85. The highest BCUT2D eigenvalue weighted by Crippen LogP contribution is 2.47. The van der Waals surface area contributed by atoms with Crippen molar-refractivity contribution in [1.29, 1.82) is 0 Å². The molecule has 2 aromatic heterocycles. The first-order valence-corrected chi connectivity index (χ1v) is 18.2. The lowest BCUT2D eigenvalue weighted by atomic mass is 9.91. The number of likely N-dealkylation sites (tertiary alicyclic amines) is 1. The fourth-order valence-corrected chi connectivity index (χ4v) is 9.63. The molecule has 0 radical (unpaired) electrons. The topological polar surface area (TPSA) is 82.8 Å². The number of piperazine rings is 1. The molecule has 0 aliphatic carbocycles. The van der Waals surface area contributed by atoms with E-state index in [1.165, 1.54) is 28.9 Å². The number of hydrogen-bond donors (Lipinski definition) is 1. The summed E-state index contributed by atoms with van der Waals surface area (Å²) < 4.78 is 95.0. The molecule has 1 N–H and O–H groups in total. The van der Waals surface area contributed by atoms with E-state index in [2.05, 4.69) is 25.8 Å². The van der Waals surface area contributed by atoms with E-state index in [0.29, 0.717) is 60.9 Å². The number of phenolic OH excluding ortho intramolecular Hbond substituents is 1. The van der Waals surface area contributed by atoms with Crippen molar-refractivity contribution in [2.75, 3.05) is 44.2 Å². The standard InChI is InChI=1S/C39H37F6N7O2/c1-3-26-29(41)8-5-21-13-25(53)14-27(30(21)26)31-33(42)35-32(28-19-49(2)48-34(28)31)36(52-23-6-7-24(52)18-50(17-23)12-10-39(43,44)45)47-37(46-35)54-20-38-9-4-11-51(38)16-22(40)15-38/h1,5,8,13-14,19,22-24,53H,4,6-7,9-12,15-18,20H2,2H3/t22-,23?,24?,38+/m1/s1. The van der Waals surface area contributed by atoms with Gasteiger partial charge in [0.25, 0.3) is 0 Å². The number of rotatable bonds is 7. The Labute approximate surface area is 306 Å². The molecule has 15 heteroatoms. The van der Waals surface area contributed by atoms with Gasteiger partial charge in [0.1, 0.15) is 41.2 Å². The molecule has 2 bridgehead atoms. The van der Waals surface area contributed by atoms with Crippen LogP contribution in [0.5, 0.6) is 11.8 Å². The number of halogens is 6. The van der Waals surface area contributed by atoms with Gasteiger partial charge in [-0.2, -0.15) is 28.2 Å². The summed E-state index contributed by atoms with van der Waals surface area (Å²) >= 11 is 0. The van der Waals surface area contributed by atoms with Gasteiger partial charge in [-0.05, 0) is 61.4 Å². The lowest BCUT2D eigenvalue weighted by Crippen LogP contribution is -2.54. The van der Waals surface area contributed by atoms with E-state index in [-0.39, 0.29) is 70.1 Å². The zero-order valence-electron chi connectivity index (χ0n) is 29.4. The Balaban J connectivity index is 1.25. The highest BCUT2D eigenvalue weighted by Gasteiger charge is 2.50.